The van der Waals surface area contributed by atoms with Gasteiger partial charge in [0.05, 0.1) is 5.02 Å². The van der Waals surface area contributed by atoms with Crippen LogP contribution in [0.1, 0.15) is 31.1 Å². The van der Waals surface area contributed by atoms with E-state index in [0.29, 0.717) is 15.1 Å². The number of benzene rings is 1. The average molecular weight is 349 g/mol. The molecule has 1 aromatic rings. The van der Waals surface area contributed by atoms with E-state index in [9.17, 15) is 9.59 Å². The quantitative estimate of drug-likeness (QED) is 0.880. The molecule has 19 heavy (non-hydrogen) atoms. The summed E-state index contributed by atoms with van der Waals surface area (Å²) in [5.74, 6) is -1.51. The van der Waals surface area contributed by atoms with Crippen molar-refractivity contribution >= 4 is 39.4 Å². The van der Waals surface area contributed by atoms with Gasteiger partial charge in [-0.2, -0.15) is 0 Å². The van der Waals surface area contributed by atoms with Crippen molar-refractivity contribution in [3.8, 4) is 0 Å². The number of aliphatic carboxylic acids is 1. The van der Waals surface area contributed by atoms with Crippen molar-refractivity contribution in [1.29, 1.82) is 0 Å². The summed E-state index contributed by atoms with van der Waals surface area (Å²) in [7, 11) is 0. The minimum absolute atomic E-state index is 0.353. The Labute approximate surface area is 125 Å². The predicted octanol–water partition coefficient (Wildman–Crippen LogP) is 3.33. The van der Waals surface area contributed by atoms with Crippen molar-refractivity contribution in [3.05, 3.63) is 33.3 Å². The van der Waals surface area contributed by atoms with Crippen molar-refractivity contribution in [3.63, 3.8) is 0 Å². The topological polar surface area (TPSA) is 66.4 Å². The molecule has 0 bridgehead atoms. The first-order valence-corrected chi connectivity index (χ1v) is 6.78. The second-order valence-electron chi connectivity index (χ2n) is 5.24. The lowest BCUT2D eigenvalue weighted by Gasteiger charge is -2.27. The third-order valence-electron chi connectivity index (χ3n) is 2.57. The van der Waals surface area contributed by atoms with Crippen molar-refractivity contribution in [1.82, 2.24) is 5.32 Å². The Morgan fingerprint density at radius 1 is 1.37 bits per heavy atom. The molecule has 0 heterocycles. The third kappa shape index (κ3) is 4.21. The van der Waals surface area contributed by atoms with Crippen LogP contribution < -0.4 is 5.32 Å². The van der Waals surface area contributed by atoms with Crippen molar-refractivity contribution in [2.75, 3.05) is 0 Å². The van der Waals surface area contributed by atoms with E-state index >= 15 is 0 Å². The lowest BCUT2D eigenvalue weighted by molar-refractivity contribution is -0.142. The predicted molar refractivity (Wildman–Crippen MR) is 77.5 cm³/mol. The van der Waals surface area contributed by atoms with Crippen LogP contribution in [0.3, 0.4) is 0 Å². The molecule has 0 aliphatic carbocycles. The van der Waals surface area contributed by atoms with Gasteiger partial charge in [0, 0.05) is 10.0 Å². The van der Waals surface area contributed by atoms with Gasteiger partial charge in [-0.05, 0) is 39.5 Å². The van der Waals surface area contributed by atoms with Gasteiger partial charge in [0.15, 0.2) is 0 Å². The van der Waals surface area contributed by atoms with Crippen LogP contribution in [0.15, 0.2) is 22.7 Å². The number of nitrogens with one attached hydrogen (secondary N) is 1. The first-order valence-electron chi connectivity index (χ1n) is 5.61. The molecule has 0 aromatic heterocycles. The average Bonchev–Trinajstić information content (AvgIpc) is 2.27. The lowest BCUT2D eigenvalue weighted by atomic mass is 9.86. The summed E-state index contributed by atoms with van der Waals surface area (Å²) in [4.78, 5) is 23.2. The highest BCUT2D eigenvalue weighted by Crippen LogP contribution is 2.24. The minimum atomic E-state index is -1.06. The first-order chi connectivity index (χ1) is 8.62. The van der Waals surface area contributed by atoms with E-state index in [2.05, 4.69) is 21.2 Å². The van der Waals surface area contributed by atoms with Gasteiger partial charge in [0.2, 0.25) is 0 Å². The zero-order valence-corrected chi connectivity index (χ0v) is 13.2. The smallest absolute Gasteiger partial charge is 0.326 e. The summed E-state index contributed by atoms with van der Waals surface area (Å²) < 4.78 is 0.587. The van der Waals surface area contributed by atoms with E-state index in [1.807, 2.05) is 0 Å². The molecular weight excluding hydrogens is 334 g/mol. The Bertz CT molecular complexity index is 511. The number of hydrogen-bond donors (Lipinski definition) is 2. The van der Waals surface area contributed by atoms with Crippen molar-refractivity contribution in [2.24, 2.45) is 5.41 Å². The van der Waals surface area contributed by atoms with Gasteiger partial charge >= 0.3 is 5.97 Å². The Balaban J connectivity index is 2.94. The molecule has 1 amide bonds. The van der Waals surface area contributed by atoms with Crippen molar-refractivity contribution in [2.45, 2.75) is 26.8 Å². The maximum Gasteiger partial charge on any atom is 0.326 e. The van der Waals surface area contributed by atoms with E-state index in [4.69, 9.17) is 16.7 Å². The van der Waals surface area contributed by atoms with E-state index in [-0.39, 0.29) is 0 Å². The molecule has 0 fully saturated rings. The van der Waals surface area contributed by atoms with E-state index < -0.39 is 23.3 Å². The largest absolute Gasteiger partial charge is 0.480 e. The Morgan fingerprint density at radius 2 is 1.95 bits per heavy atom. The van der Waals surface area contributed by atoms with E-state index in [1.54, 1.807) is 39.0 Å². The highest BCUT2D eigenvalue weighted by atomic mass is 79.9. The van der Waals surface area contributed by atoms with Gasteiger partial charge in [0.25, 0.3) is 5.91 Å². The standard InChI is InChI=1S/C13H15BrClNO3/c1-13(2,3)10(12(18)19)16-11(17)7-4-5-9(15)8(14)6-7/h4-6,10H,1-3H3,(H,16,17)(H,18,19)/t10-/m1/s1. The molecule has 2 N–H and O–H groups in total. The molecule has 0 aliphatic heterocycles. The monoisotopic (exact) mass is 347 g/mol. The number of carbonyl (C=O) groups excluding carboxylic acids is 1. The molecule has 1 atom stereocenters. The molecule has 0 saturated heterocycles. The number of rotatable bonds is 3. The molecule has 4 nitrogen and oxygen atoms in total. The van der Waals surface area contributed by atoms with Gasteiger partial charge in [0.1, 0.15) is 6.04 Å². The summed E-state index contributed by atoms with van der Waals surface area (Å²) in [6.45, 7) is 5.26. The maximum absolute atomic E-state index is 12.0. The number of halogens is 2. The summed E-state index contributed by atoms with van der Waals surface area (Å²) in [6, 6.07) is 3.71. The van der Waals surface area contributed by atoms with Crippen LogP contribution in [-0.4, -0.2) is 23.0 Å². The Hall–Kier alpha value is -1.07. The number of hydrogen-bond acceptors (Lipinski definition) is 2. The van der Waals surface area contributed by atoms with E-state index in [1.165, 1.54) is 0 Å². The molecule has 0 saturated carbocycles. The number of carboxylic acid groups (broad SMARTS) is 1. The zero-order valence-electron chi connectivity index (χ0n) is 10.8. The van der Waals surface area contributed by atoms with E-state index in [0.717, 1.165) is 0 Å². The van der Waals surface area contributed by atoms with Crippen molar-refractivity contribution < 1.29 is 14.7 Å². The fraction of sp³-hybridized carbons (Fsp3) is 0.385. The molecule has 6 heteroatoms. The van der Waals surface area contributed by atoms with Crippen LogP contribution >= 0.6 is 27.5 Å². The van der Waals surface area contributed by atoms with Gasteiger partial charge < -0.3 is 10.4 Å². The highest BCUT2D eigenvalue weighted by molar-refractivity contribution is 9.10. The second-order valence-corrected chi connectivity index (χ2v) is 6.50. The summed E-state index contributed by atoms with van der Waals surface area (Å²) in [5, 5.41) is 12.2. The minimum Gasteiger partial charge on any atom is -0.480 e. The normalized spacial score (nSPS) is 12.9. The molecular formula is C13H15BrClNO3. The second kappa shape index (κ2) is 5.92. The fourth-order valence-corrected chi connectivity index (χ4v) is 2.00. The maximum atomic E-state index is 12.0. The first kappa shape index (κ1) is 16.0. The van der Waals surface area contributed by atoms with Crippen LogP contribution in [0, 0.1) is 5.41 Å². The molecule has 104 valence electrons. The summed E-state index contributed by atoms with van der Waals surface area (Å²) >= 11 is 9.06. The molecule has 0 spiro atoms. The zero-order chi connectivity index (χ0) is 14.8. The van der Waals surface area contributed by atoms with Gasteiger partial charge in [-0.25, -0.2) is 4.79 Å². The number of carboxylic acids is 1. The highest BCUT2D eigenvalue weighted by Gasteiger charge is 2.32. The molecule has 0 unspecified atom stereocenters. The fourth-order valence-electron chi connectivity index (χ4n) is 1.50. The van der Waals surface area contributed by atoms with Crippen LogP contribution in [-0.2, 0) is 4.79 Å². The number of carbonyl (C=O) groups is 2. The van der Waals surface area contributed by atoms with Crippen LogP contribution in [0.4, 0.5) is 0 Å². The molecule has 1 rings (SSSR count). The van der Waals surface area contributed by atoms with Gasteiger partial charge in [-0.1, -0.05) is 32.4 Å². The van der Waals surface area contributed by atoms with Crippen LogP contribution in [0.5, 0.6) is 0 Å². The van der Waals surface area contributed by atoms with Gasteiger partial charge in [-0.15, -0.1) is 0 Å². The third-order valence-corrected chi connectivity index (χ3v) is 3.78. The lowest BCUT2D eigenvalue weighted by Crippen LogP contribution is -2.49. The number of amides is 1. The summed E-state index contributed by atoms with van der Waals surface area (Å²) in [5.41, 5.74) is -0.225. The molecule has 0 aliphatic rings. The Morgan fingerprint density at radius 3 is 2.37 bits per heavy atom. The molecule has 1 aromatic carbocycles. The Kier molecular flexibility index (Phi) is 4.98. The van der Waals surface area contributed by atoms with Crippen LogP contribution in [0.25, 0.3) is 0 Å². The van der Waals surface area contributed by atoms with Gasteiger partial charge in [-0.3, -0.25) is 4.79 Å². The van der Waals surface area contributed by atoms with Crippen LogP contribution in [0.2, 0.25) is 5.02 Å². The summed E-state index contributed by atoms with van der Waals surface area (Å²) in [6.07, 6.45) is 0. The molecule has 0 radical (unpaired) electrons. The SMILES string of the molecule is CC(C)(C)[C@H](NC(=O)c1ccc(Cl)c(Br)c1)C(=O)O.